The Morgan fingerprint density at radius 3 is 2.40 bits per heavy atom. The summed E-state index contributed by atoms with van der Waals surface area (Å²) >= 11 is 0. The average Bonchev–Trinajstić information content (AvgIpc) is 3.31. The highest BCUT2D eigenvalue weighted by molar-refractivity contribution is 5.92. The largest absolute Gasteiger partial charge is 0.375 e. The van der Waals surface area contributed by atoms with Gasteiger partial charge in [-0.3, -0.25) is 4.68 Å². The number of nitrogens with zero attached hydrogens (tertiary/aromatic N) is 5. The zero-order chi connectivity index (χ0) is 27.8. The zero-order valence-corrected chi connectivity index (χ0v) is 24.4. The second kappa shape index (κ2) is 11.6. The van der Waals surface area contributed by atoms with Crippen molar-refractivity contribution < 1.29 is 4.39 Å². The Balaban J connectivity index is 1.04. The molecule has 4 aliphatic rings. The van der Waals surface area contributed by atoms with Crippen LogP contribution in [0.1, 0.15) is 75.7 Å². The minimum Gasteiger partial charge on any atom is -0.375 e. The molecule has 3 aliphatic heterocycles. The van der Waals surface area contributed by atoms with Crippen molar-refractivity contribution in [2.75, 3.05) is 44.2 Å². The molecule has 1 aliphatic carbocycles. The highest BCUT2D eigenvalue weighted by Gasteiger charge is 2.30. The predicted octanol–water partition coefficient (Wildman–Crippen LogP) is 6.48. The molecule has 0 spiro atoms. The molecule has 0 radical (unpaired) electrons. The zero-order valence-electron chi connectivity index (χ0n) is 24.4. The lowest BCUT2D eigenvalue weighted by atomic mass is 9.85. The van der Waals surface area contributed by atoms with Crippen LogP contribution >= 0.6 is 0 Å². The van der Waals surface area contributed by atoms with Gasteiger partial charge < -0.3 is 20.0 Å². The van der Waals surface area contributed by atoms with Crippen LogP contribution in [-0.4, -0.2) is 58.8 Å². The Labute approximate surface area is 239 Å². The third-order valence-electron chi connectivity index (χ3n) is 10.1. The van der Waals surface area contributed by atoms with Gasteiger partial charge in [-0.25, -0.2) is 4.39 Å². The first-order valence-corrected chi connectivity index (χ1v) is 15.6. The fourth-order valence-corrected chi connectivity index (χ4v) is 7.68. The van der Waals surface area contributed by atoms with Crippen LogP contribution in [0.2, 0.25) is 0 Å². The molecule has 1 aromatic carbocycles. The number of hydrogen-bond donors (Lipinski definition) is 1. The number of aryl methyl sites for hydroxylation is 1. The van der Waals surface area contributed by atoms with Crippen molar-refractivity contribution >= 4 is 16.7 Å². The maximum Gasteiger partial charge on any atom is 0.164 e. The number of hydrogen-bond acceptors (Lipinski definition) is 5. The summed E-state index contributed by atoms with van der Waals surface area (Å²) < 4.78 is 17.7. The number of fused-ring (bicyclic) bond motifs is 1. The van der Waals surface area contributed by atoms with Crippen LogP contribution in [0, 0.1) is 17.7 Å². The molecule has 40 heavy (non-hydrogen) atoms. The van der Waals surface area contributed by atoms with Crippen LogP contribution in [-0.2, 0) is 7.05 Å². The van der Waals surface area contributed by atoms with Crippen molar-refractivity contribution in [2.24, 2.45) is 18.9 Å². The van der Waals surface area contributed by atoms with E-state index < -0.39 is 0 Å². The Morgan fingerprint density at radius 1 is 0.975 bits per heavy atom. The van der Waals surface area contributed by atoms with Crippen LogP contribution in [0.4, 0.5) is 10.2 Å². The fraction of sp³-hybridized carbons (Fsp3) is 0.606. The number of nitrogens with one attached hydrogen (secondary N) is 1. The normalized spacial score (nSPS) is 22.8. The molecular formula is C33H47FN6. The quantitative estimate of drug-likeness (QED) is 0.449. The van der Waals surface area contributed by atoms with Crippen LogP contribution in [0.25, 0.3) is 10.9 Å². The summed E-state index contributed by atoms with van der Waals surface area (Å²) in [7, 11) is 1.84. The lowest BCUT2D eigenvalue weighted by molar-refractivity contribution is 0.133. The van der Waals surface area contributed by atoms with E-state index in [0.29, 0.717) is 5.52 Å². The van der Waals surface area contributed by atoms with E-state index in [-0.39, 0.29) is 11.7 Å². The summed E-state index contributed by atoms with van der Waals surface area (Å²) in [4.78, 5) is 7.26. The van der Waals surface area contributed by atoms with Crippen LogP contribution < -0.4 is 10.2 Å². The molecule has 6 nitrogen and oxygen atoms in total. The van der Waals surface area contributed by atoms with Gasteiger partial charge >= 0.3 is 0 Å². The standard InChI is InChI=1S/C33H47FN6/c1-23-12-21-40(25(3)35-23)33-30-11-10-29(31(34)32(30)37(4)36-33)28-15-17-38(18-16-28)22-26-13-19-39(20-14-26)24(2)27-8-6-5-7-9-27/h10-11,26-28,35H,1-3,5-9,12-22H2,4H3. The number of rotatable bonds is 6. The van der Waals surface area contributed by atoms with Crippen LogP contribution in [0.15, 0.2) is 49.1 Å². The molecule has 7 heteroatoms. The van der Waals surface area contributed by atoms with Crippen LogP contribution in [0.3, 0.4) is 0 Å². The monoisotopic (exact) mass is 546 g/mol. The number of halogens is 1. The minimum absolute atomic E-state index is 0.109. The second-order valence-electron chi connectivity index (χ2n) is 12.7. The van der Waals surface area contributed by atoms with Gasteiger partial charge in [0.1, 0.15) is 11.3 Å². The number of anilines is 1. The van der Waals surface area contributed by atoms with Gasteiger partial charge in [-0.1, -0.05) is 45.1 Å². The van der Waals surface area contributed by atoms with Gasteiger partial charge in [-0.15, -0.1) is 0 Å². The molecule has 1 aromatic heterocycles. The number of likely N-dealkylation sites (tertiary alicyclic amines) is 2. The summed E-state index contributed by atoms with van der Waals surface area (Å²) in [6.07, 6.45) is 12.2. The molecule has 0 bridgehead atoms. The van der Waals surface area contributed by atoms with E-state index in [9.17, 15) is 0 Å². The molecule has 3 saturated heterocycles. The first-order valence-electron chi connectivity index (χ1n) is 15.6. The molecular weight excluding hydrogens is 499 g/mol. The van der Waals surface area contributed by atoms with Crippen molar-refractivity contribution in [1.29, 1.82) is 0 Å². The van der Waals surface area contributed by atoms with Gasteiger partial charge in [0.2, 0.25) is 0 Å². The Kier molecular flexibility index (Phi) is 7.93. The van der Waals surface area contributed by atoms with Gasteiger partial charge in [0, 0.05) is 56.4 Å². The van der Waals surface area contributed by atoms with Crippen LogP contribution in [0.5, 0.6) is 0 Å². The van der Waals surface area contributed by atoms with E-state index in [1.165, 1.54) is 70.3 Å². The molecule has 0 unspecified atom stereocenters. The maximum atomic E-state index is 16.0. The second-order valence-corrected chi connectivity index (χ2v) is 12.7. The first-order chi connectivity index (χ1) is 19.4. The lowest BCUT2D eigenvalue weighted by Gasteiger charge is -2.41. The lowest BCUT2D eigenvalue weighted by Crippen LogP contribution is -2.41. The highest BCUT2D eigenvalue weighted by Crippen LogP contribution is 2.38. The Hall–Kier alpha value is -2.80. The van der Waals surface area contributed by atoms with E-state index in [0.717, 1.165) is 79.0 Å². The Morgan fingerprint density at radius 2 is 1.70 bits per heavy atom. The van der Waals surface area contributed by atoms with E-state index >= 15 is 4.39 Å². The van der Waals surface area contributed by atoms with Crippen molar-refractivity contribution in [3.8, 4) is 0 Å². The smallest absolute Gasteiger partial charge is 0.164 e. The molecule has 4 fully saturated rings. The van der Waals surface area contributed by atoms with Crippen molar-refractivity contribution in [3.05, 3.63) is 60.5 Å². The van der Waals surface area contributed by atoms with E-state index in [1.54, 1.807) is 4.68 Å². The third-order valence-corrected chi connectivity index (χ3v) is 10.1. The SMILES string of the molecule is C=C1CCN(c2nn(C)c3c(F)c(C4CCN(CC5CCN(C(=C)C6CCCCC6)CC5)CC4)ccc23)C(=C)N1. The third kappa shape index (κ3) is 5.41. The summed E-state index contributed by atoms with van der Waals surface area (Å²) in [5.41, 5.74) is 3.81. The van der Waals surface area contributed by atoms with Crippen molar-refractivity contribution in [2.45, 2.75) is 70.1 Å². The molecule has 1 saturated carbocycles. The van der Waals surface area contributed by atoms with Gasteiger partial charge in [-0.05, 0) is 81.0 Å². The number of aromatic nitrogens is 2. The molecule has 2 aromatic rings. The molecule has 0 atom stereocenters. The van der Waals surface area contributed by atoms with Gasteiger partial charge in [0.05, 0.1) is 0 Å². The topological polar surface area (TPSA) is 39.6 Å². The molecule has 1 N–H and O–H groups in total. The fourth-order valence-electron chi connectivity index (χ4n) is 7.68. The average molecular weight is 547 g/mol. The van der Waals surface area contributed by atoms with Crippen molar-refractivity contribution in [3.63, 3.8) is 0 Å². The maximum absolute atomic E-state index is 16.0. The molecule has 6 rings (SSSR count). The number of benzene rings is 1. The van der Waals surface area contributed by atoms with E-state index in [4.69, 9.17) is 5.10 Å². The summed E-state index contributed by atoms with van der Waals surface area (Å²) in [6.45, 7) is 19.0. The minimum atomic E-state index is -0.109. The number of allylic oxidation sites excluding steroid dienone is 1. The highest BCUT2D eigenvalue weighted by atomic mass is 19.1. The molecule has 4 heterocycles. The number of piperidine rings is 2. The van der Waals surface area contributed by atoms with Crippen molar-refractivity contribution in [1.82, 2.24) is 24.9 Å². The van der Waals surface area contributed by atoms with Gasteiger partial charge in [0.15, 0.2) is 11.6 Å². The van der Waals surface area contributed by atoms with Gasteiger partial charge in [-0.2, -0.15) is 5.10 Å². The van der Waals surface area contributed by atoms with Gasteiger partial charge in [0.25, 0.3) is 0 Å². The van der Waals surface area contributed by atoms with E-state index in [1.807, 2.05) is 18.0 Å². The summed E-state index contributed by atoms with van der Waals surface area (Å²) in [5, 5.41) is 8.77. The molecule has 0 amide bonds. The summed E-state index contributed by atoms with van der Waals surface area (Å²) in [5.74, 6) is 3.15. The first kappa shape index (κ1) is 27.4. The molecule has 216 valence electrons. The Bertz CT molecular complexity index is 1260. The van der Waals surface area contributed by atoms with E-state index in [2.05, 4.69) is 40.9 Å². The predicted molar refractivity (Wildman–Crippen MR) is 162 cm³/mol. The summed E-state index contributed by atoms with van der Waals surface area (Å²) in [6, 6.07) is 4.07.